The maximum atomic E-state index is 12.7. The molecule has 15 N–H and O–H groups in total. The van der Waals surface area contributed by atoms with Crippen LogP contribution in [0.5, 0.6) is 0 Å². The number of carbonyl (C=O) groups excluding carboxylic acids is 5. The maximum absolute atomic E-state index is 12.7. The number of nitrogens with one attached hydrogen (secondary N) is 3. The quantitative estimate of drug-likeness (QED) is 0.0499. The van der Waals surface area contributed by atoms with E-state index in [9.17, 15) is 24.0 Å². The van der Waals surface area contributed by atoms with Gasteiger partial charge in [-0.05, 0) is 52.0 Å². The average Bonchev–Trinajstić information content (AvgIpc) is 2.77. The van der Waals surface area contributed by atoms with Gasteiger partial charge < -0.3 is 50.4 Å². The minimum Gasteiger partial charge on any atom is -0.370 e. The Morgan fingerprint density at radius 3 is 1.94 bits per heavy atom. The fourth-order valence-corrected chi connectivity index (χ4v) is 2.94. The summed E-state index contributed by atoms with van der Waals surface area (Å²) in [7, 11) is 0. The molecule has 0 aliphatic rings. The van der Waals surface area contributed by atoms with Gasteiger partial charge in [0.05, 0.1) is 6.04 Å². The van der Waals surface area contributed by atoms with Crippen LogP contribution in [0.1, 0.15) is 51.9 Å². The number of unbranched alkanes of at least 4 members (excludes halogenated alkanes) is 1. The Morgan fingerprint density at radius 2 is 1.40 bits per heavy atom. The average molecular weight is 501 g/mol. The molecule has 15 heteroatoms. The van der Waals surface area contributed by atoms with Crippen LogP contribution in [0, 0.1) is 0 Å². The molecule has 0 unspecified atom stereocenters. The van der Waals surface area contributed by atoms with Crippen LogP contribution in [-0.2, 0) is 24.0 Å². The van der Waals surface area contributed by atoms with E-state index in [-0.39, 0.29) is 31.8 Å². The molecule has 0 radical (unpaired) electrons. The van der Waals surface area contributed by atoms with E-state index in [1.807, 2.05) is 0 Å². The summed E-state index contributed by atoms with van der Waals surface area (Å²) in [6, 6.07) is -4.13. The fraction of sp³-hybridized carbons (Fsp3) is 0.700. The zero-order chi connectivity index (χ0) is 27.0. The highest BCUT2D eigenvalue weighted by Crippen LogP contribution is 2.03. The zero-order valence-electron chi connectivity index (χ0n) is 20.1. The Morgan fingerprint density at radius 1 is 0.771 bits per heavy atom. The van der Waals surface area contributed by atoms with E-state index in [1.54, 1.807) is 0 Å². The molecular weight excluding hydrogens is 460 g/mol. The number of guanidine groups is 1. The Kier molecular flexibility index (Phi) is 15.4. The first-order valence-electron chi connectivity index (χ1n) is 11.4. The van der Waals surface area contributed by atoms with Gasteiger partial charge in [0.15, 0.2) is 5.96 Å². The topological polar surface area (TPSA) is 290 Å². The molecule has 0 aromatic carbocycles. The number of primary amides is 2. The first-order valence-corrected chi connectivity index (χ1v) is 11.4. The van der Waals surface area contributed by atoms with Crippen molar-refractivity contribution in [2.24, 2.45) is 39.4 Å². The van der Waals surface area contributed by atoms with E-state index < -0.39 is 53.7 Å². The van der Waals surface area contributed by atoms with Gasteiger partial charge in [-0.3, -0.25) is 29.0 Å². The Labute approximate surface area is 204 Å². The lowest BCUT2D eigenvalue weighted by molar-refractivity contribution is -0.133. The second kappa shape index (κ2) is 17.0. The highest BCUT2D eigenvalue weighted by molar-refractivity contribution is 5.94. The third-order valence-corrected chi connectivity index (χ3v) is 4.98. The largest absolute Gasteiger partial charge is 0.370 e. The molecule has 5 amide bonds. The van der Waals surface area contributed by atoms with Gasteiger partial charge in [0.2, 0.25) is 29.5 Å². The number of hydrogen-bond donors (Lipinski definition) is 9. The van der Waals surface area contributed by atoms with Crippen LogP contribution in [0.2, 0.25) is 0 Å². The number of nitrogens with zero attached hydrogens (tertiary/aromatic N) is 1. The van der Waals surface area contributed by atoms with E-state index in [2.05, 4.69) is 20.9 Å². The van der Waals surface area contributed by atoms with E-state index in [0.29, 0.717) is 32.2 Å². The molecule has 0 aromatic rings. The van der Waals surface area contributed by atoms with E-state index >= 15 is 0 Å². The maximum Gasteiger partial charge on any atom is 0.243 e. The van der Waals surface area contributed by atoms with Crippen LogP contribution in [0.25, 0.3) is 0 Å². The molecule has 0 aromatic heterocycles. The van der Waals surface area contributed by atoms with Gasteiger partial charge in [-0.1, -0.05) is 0 Å². The molecule has 0 rings (SSSR count). The van der Waals surface area contributed by atoms with Crippen molar-refractivity contribution in [3.63, 3.8) is 0 Å². The summed E-state index contributed by atoms with van der Waals surface area (Å²) in [5, 5.41) is 7.41. The highest BCUT2D eigenvalue weighted by atomic mass is 16.2. The molecule has 0 fully saturated rings. The van der Waals surface area contributed by atoms with Gasteiger partial charge >= 0.3 is 0 Å². The Balaban J connectivity index is 5.04. The van der Waals surface area contributed by atoms with Crippen molar-refractivity contribution in [1.82, 2.24) is 16.0 Å². The number of amides is 5. The summed E-state index contributed by atoms with van der Waals surface area (Å²) < 4.78 is 0. The molecule has 0 spiro atoms. The Bertz CT molecular complexity index is 757. The van der Waals surface area contributed by atoms with Crippen molar-refractivity contribution in [2.45, 2.75) is 76.0 Å². The second-order valence-corrected chi connectivity index (χ2v) is 8.10. The molecule has 0 heterocycles. The zero-order valence-corrected chi connectivity index (χ0v) is 20.1. The smallest absolute Gasteiger partial charge is 0.243 e. The third-order valence-electron chi connectivity index (χ3n) is 4.98. The predicted octanol–water partition coefficient (Wildman–Crippen LogP) is -4.28. The Hall–Kier alpha value is -3.46. The predicted molar refractivity (Wildman–Crippen MR) is 130 cm³/mol. The van der Waals surface area contributed by atoms with Crippen molar-refractivity contribution >= 4 is 35.5 Å². The molecular formula is C20H40N10O5. The number of carbonyl (C=O) groups is 5. The van der Waals surface area contributed by atoms with Gasteiger partial charge in [0.25, 0.3) is 0 Å². The van der Waals surface area contributed by atoms with Crippen LogP contribution in [0.4, 0.5) is 0 Å². The summed E-state index contributed by atoms with van der Waals surface area (Å²) in [5.41, 5.74) is 32.3. The third kappa shape index (κ3) is 14.4. The number of hydrogen-bond acceptors (Lipinski definition) is 8. The highest BCUT2D eigenvalue weighted by Gasteiger charge is 2.28. The lowest BCUT2D eigenvalue weighted by Gasteiger charge is -2.23. The summed E-state index contributed by atoms with van der Waals surface area (Å²) in [6.45, 7) is 2.11. The van der Waals surface area contributed by atoms with Crippen LogP contribution in [0.3, 0.4) is 0 Å². The SMILES string of the molecule is C[C@H](NC(=O)[C@H](CCC(N)=O)NC(=O)[C@@H](N)CCCN=C(N)N)C(=O)N[C@@H](CCCCN)C(N)=O. The lowest BCUT2D eigenvalue weighted by Crippen LogP contribution is -2.56. The minimum atomic E-state index is -1.18. The number of rotatable bonds is 18. The monoisotopic (exact) mass is 500 g/mol. The van der Waals surface area contributed by atoms with Gasteiger partial charge in [0.1, 0.15) is 18.1 Å². The number of aliphatic imine (C=N–C) groups is 1. The minimum absolute atomic E-state index is 0.0814. The standard InChI is InChI=1S/C20H40N10O5/c1-11(17(33)29-13(16(24)32)6-2-3-9-21)28-19(35)14(7-8-15(23)31)30-18(34)12(22)5-4-10-27-20(25)26/h11-14H,2-10,21-22H2,1H3,(H2,23,31)(H2,24,32)(H,28,35)(H,29,33)(H,30,34)(H4,25,26,27)/t11-,12-,13-,14-/m0/s1. The van der Waals surface area contributed by atoms with Gasteiger partial charge in [-0.2, -0.15) is 0 Å². The van der Waals surface area contributed by atoms with Crippen molar-refractivity contribution in [2.75, 3.05) is 13.1 Å². The van der Waals surface area contributed by atoms with Crippen LogP contribution in [0.15, 0.2) is 4.99 Å². The van der Waals surface area contributed by atoms with E-state index in [4.69, 9.17) is 34.4 Å². The van der Waals surface area contributed by atoms with Gasteiger partial charge in [0, 0.05) is 13.0 Å². The second-order valence-electron chi connectivity index (χ2n) is 8.10. The van der Waals surface area contributed by atoms with Crippen molar-refractivity contribution in [3.8, 4) is 0 Å². The van der Waals surface area contributed by atoms with E-state index in [0.717, 1.165) is 0 Å². The van der Waals surface area contributed by atoms with Gasteiger partial charge in [-0.15, -0.1) is 0 Å². The van der Waals surface area contributed by atoms with E-state index in [1.165, 1.54) is 6.92 Å². The molecule has 0 saturated heterocycles. The summed E-state index contributed by atoms with van der Waals surface area (Å²) in [6.07, 6.45) is 1.91. The lowest BCUT2D eigenvalue weighted by atomic mass is 10.1. The van der Waals surface area contributed by atoms with Crippen LogP contribution in [-0.4, -0.2) is 72.8 Å². The molecule has 0 aliphatic carbocycles. The van der Waals surface area contributed by atoms with Crippen LogP contribution >= 0.6 is 0 Å². The first kappa shape index (κ1) is 31.5. The molecule has 0 saturated carbocycles. The van der Waals surface area contributed by atoms with Crippen molar-refractivity contribution in [1.29, 1.82) is 0 Å². The molecule has 0 aliphatic heterocycles. The molecule has 4 atom stereocenters. The van der Waals surface area contributed by atoms with Crippen molar-refractivity contribution < 1.29 is 24.0 Å². The fourth-order valence-electron chi connectivity index (χ4n) is 2.94. The molecule has 0 bridgehead atoms. The van der Waals surface area contributed by atoms with Crippen LogP contribution < -0.4 is 50.4 Å². The first-order chi connectivity index (χ1) is 16.4. The number of nitrogens with two attached hydrogens (primary N) is 6. The summed E-state index contributed by atoms with van der Waals surface area (Å²) in [4.78, 5) is 64.3. The molecule has 200 valence electrons. The molecule has 15 nitrogen and oxygen atoms in total. The van der Waals surface area contributed by atoms with Gasteiger partial charge in [-0.25, -0.2) is 0 Å². The molecule has 35 heavy (non-hydrogen) atoms. The summed E-state index contributed by atoms with van der Waals surface area (Å²) in [5.74, 6) is -3.48. The summed E-state index contributed by atoms with van der Waals surface area (Å²) >= 11 is 0. The van der Waals surface area contributed by atoms with Crippen molar-refractivity contribution in [3.05, 3.63) is 0 Å². The normalized spacial score (nSPS) is 14.0.